The first-order valence-electron chi connectivity index (χ1n) is 10.1. The molecule has 1 aliphatic heterocycles. The number of hydrogen-bond acceptors (Lipinski definition) is 5. The Labute approximate surface area is 164 Å². The first-order valence-corrected chi connectivity index (χ1v) is 10.1. The van der Waals surface area contributed by atoms with E-state index in [0.29, 0.717) is 24.3 Å². The second-order valence-electron chi connectivity index (χ2n) is 7.66. The lowest BCUT2D eigenvalue weighted by Gasteiger charge is -2.30. The van der Waals surface area contributed by atoms with Crippen LogP contribution in [0.2, 0.25) is 0 Å². The number of aryl methyl sites for hydroxylation is 1. The molecule has 2 aromatic heterocycles. The summed E-state index contributed by atoms with van der Waals surface area (Å²) in [6, 6.07) is 1.51. The topological polar surface area (TPSA) is 100 Å². The zero-order valence-corrected chi connectivity index (χ0v) is 16.7. The van der Waals surface area contributed by atoms with Gasteiger partial charge in [-0.2, -0.15) is 0 Å². The molecule has 1 atom stereocenters. The van der Waals surface area contributed by atoms with Gasteiger partial charge in [-0.25, -0.2) is 9.78 Å². The van der Waals surface area contributed by atoms with Crippen molar-refractivity contribution in [1.82, 2.24) is 24.8 Å². The van der Waals surface area contributed by atoms with Gasteiger partial charge in [-0.15, -0.1) is 0 Å². The molecule has 1 amide bonds. The number of hydrogen-bond donors (Lipinski definition) is 2. The Morgan fingerprint density at radius 1 is 1.36 bits per heavy atom. The first-order chi connectivity index (χ1) is 13.5. The maximum Gasteiger partial charge on any atom is 0.329 e. The molecule has 0 radical (unpaired) electrons. The fraction of sp³-hybridized carbons (Fsp3) is 0.600. The summed E-state index contributed by atoms with van der Waals surface area (Å²) >= 11 is 0. The number of fused-ring (bicyclic) bond motifs is 1. The molecule has 8 nitrogen and oxygen atoms in total. The number of piperidine rings is 1. The van der Waals surface area contributed by atoms with Gasteiger partial charge in [0.1, 0.15) is 5.65 Å². The Morgan fingerprint density at radius 2 is 2.18 bits per heavy atom. The van der Waals surface area contributed by atoms with E-state index in [1.165, 1.54) is 29.7 Å². The van der Waals surface area contributed by atoms with Gasteiger partial charge >= 0.3 is 5.69 Å². The molecule has 0 aromatic carbocycles. The molecule has 0 bridgehead atoms. The van der Waals surface area contributed by atoms with Crippen LogP contribution in [0.15, 0.2) is 21.9 Å². The van der Waals surface area contributed by atoms with Crippen molar-refractivity contribution in [2.24, 2.45) is 5.92 Å². The normalized spacial score (nSPS) is 17.7. The smallest absolute Gasteiger partial charge is 0.329 e. The number of H-pyrrole nitrogens is 1. The monoisotopic (exact) mass is 387 g/mol. The molecule has 0 spiro atoms. The number of aromatic nitrogens is 3. The Bertz CT molecular complexity index is 949. The first kappa shape index (κ1) is 20.3. The fourth-order valence-corrected chi connectivity index (χ4v) is 3.82. The third kappa shape index (κ3) is 4.67. The molecule has 1 aliphatic rings. The summed E-state index contributed by atoms with van der Waals surface area (Å²) in [4.78, 5) is 45.5. The SMILES string of the molecule is CCCn1c(=O)[nH]c(=O)c2cc(C(=O)NCCCN3CCCC(C)C3)cnc21. The Hall–Kier alpha value is -2.48. The lowest BCUT2D eigenvalue weighted by molar-refractivity contribution is 0.0950. The van der Waals surface area contributed by atoms with E-state index in [1.807, 2.05) is 6.92 Å². The van der Waals surface area contributed by atoms with Crippen molar-refractivity contribution in [3.63, 3.8) is 0 Å². The number of amides is 1. The largest absolute Gasteiger partial charge is 0.352 e. The number of carbonyl (C=O) groups is 1. The number of nitrogens with zero attached hydrogens (tertiary/aromatic N) is 3. The van der Waals surface area contributed by atoms with E-state index < -0.39 is 11.2 Å². The highest BCUT2D eigenvalue weighted by Crippen LogP contribution is 2.15. The maximum atomic E-state index is 12.4. The van der Waals surface area contributed by atoms with E-state index in [0.717, 1.165) is 38.4 Å². The third-order valence-electron chi connectivity index (χ3n) is 5.22. The van der Waals surface area contributed by atoms with Crippen LogP contribution in [-0.2, 0) is 6.54 Å². The predicted molar refractivity (Wildman–Crippen MR) is 109 cm³/mol. The van der Waals surface area contributed by atoms with Crippen LogP contribution in [0.4, 0.5) is 0 Å². The summed E-state index contributed by atoms with van der Waals surface area (Å²) in [5.41, 5.74) is -0.359. The van der Waals surface area contributed by atoms with Crippen LogP contribution in [0.1, 0.15) is 49.9 Å². The molecular weight excluding hydrogens is 358 g/mol. The van der Waals surface area contributed by atoms with E-state index in [4.69, 9.17) is 0 Å². The van der Waals surface area contributed by atoms with Gasteiger partial charge in [0, 0.05) is 25.8 Å². The summed E-state index contributed by atoms with van der Waals surface area (Å²) < 4.78 is 1.43. The quantitative estimate of drug-likeness (QED) is 0.699. The molecule has 3 heterocycles. The lowest BCUT2D eigenvalue weighted by Crippen LogP contribution is -2.36. The van der Waals surface area contributed by atoms with Crippen LogP contribution in [0.3, 0.4) is 0 Å². The molecule has 28 heavy (non-hydrogen) atoms. The zero-order chi connectivity index (χ0) is 20.1. The predicted octanol–water partition coefficient (Wildman–Crippen LogP) is 1.35. The van der Waals surface area contributed by atoms with Crippen molar-refractivity contribution < 1.29 is 4.79 Å². The molecule has 8 heteroatoms. The van der Waals surface area contributed by atoms with Gasteiger partial charge in [0.25, 0.3) is 11.5 Å². The van der Waals surface area contributed by atoms with E-state index in [2.05, 4.69) is 27.1 Å². The number of carbonyl (C=O) groups excluding carboxylic acids is 1. The van der Waals surface area contributed by atoms with Gasteiger partial charge < -0.3 is 10.2 Å². The number of aromatic amines is 1. The van der Waals surface area contributed by atoms with Gasteiger partial charge in [-0.1, -0.05) is 13.8 Å². The summed E-state index contributed by atoms with van der Waals surface area (Å²) in [5.74, 6) is 0.490. The van der Waals surface area contributed by atoms with Crippen molar-refractivity contribution in [1.29, 1.82) is 0 Å². The zero-order valence-electron chi connectivity index (χ0n) is 16.7. The molecule has 2 aromatic rings. The van der Waals surface area contributed by atoms with E-state index in [1.54, 1.807) is 0 Å². The summed E-state index contributed by atoms with van der Waals surface area (Å²) in [5, 5.41) is 3.15. The van der Waals surface area contributed by atoms with Gasteiger partial charge in [0.2, 0.25) is 0 Å². The second-order valence-corrected chi connectivity index (χ2v) is 7.66. The van der Waals surface area contributed by atoms with Crippen LogP contribution >= 0.6 is 0 Å². The number of nitrogens with one attached hydrogen (secondary N) is 2. The van der Waals surface area contributed by atoms with Crippen LogP contribution in [0, 0.1) is 5.92 Å². The minimum absolute atomic E-state index is 0.253. The summed E-state index contributed by atoms with van der Waals surface area (Å²) in [7, 11) is 0. The van der Waals surface area contributed by atoms with Crippen molar-refractivity contribution in [3.05, 3.63) is 38.7 Å². The maximum absolute atomic E-state index is 12.4. The molecule has 1 saturated heterocycles. The molecular formula is C20H29N5O3. The van der Waals surface area contributed by atoms with Crippen molar-refractivity contribution >= 4 is 16.9 Å². The van der Waals surface area contributed by atoms with E-state index >= 15 is 0 Å². The van der Waals surface area contributed by atoms with Gasteiger partial charge in [-0.3, -0.25) is 19.1 Å². The average molecular weight is 387 g/mol. The Morgan fingerprint density at radius 3 is 2.93 bits per heavy atom. The highest BCUT2D eigenvalue weighted by molar-refractivity contribution is 5.96. The summed E-state index contributed by atoms with van der Waals surface area (Å²) in [6.45, 7) is 8.49. The molecule has 0 aliphatic carbocycles. The van der Waals surface area contributed by atoms with Crippen LogP contribution < -0.4 is 16.6 Å². The van der Waals surface area contributed by atoms with Gasteiger partial charge in [-0.05, 0) is 50.8 Å². The average Bonchev–Trinajstić information content (AvgIpc) is 2.68. The molecule has 152 valence electrons. The molecule has 2 N–H and O–H groups in total. The Kier molecular flexibility index (Phi) is 6.61. The fourth-order valence-electron chi connectivity index (χ4n) is 3.82. The van der Waals surface area contributed by atoms with Gasteiger partial charge in [0.15, 0.2) is 0 Å². The molecule has 1 unspecified atom stereocenters. The van der Waals surface area contributed by atoms with E-state index in [-0.39, 0.29) is 11.3 Å². The van der Waals surface area contributed by atoms with Crippen LogP contribution in [0.25, 0.3) is 11.0 Å². The van der Waals surface area contributed by atoms with Crippen molar-refractivity contribution in [3.8, 4) is 0 Å². The van der Waals surface area contributed by atoms with Crippen LogP contribution in [-0.4, -0.2) is 51.5 Å². The summed E-state index contributed by atoms with van der Waals surface area (Å²) in [6.07, 6.45) is 5.59. The lowest BCUT2D eigenvalue weighted by atomic mass is 10.0. The second kappa shape index (κ2) is 9.14. The standard InChI is InChI=1S/C20H29N5O3/c1-3-8-25-17-16(19(27)23-20(25)28)11-15(12-22-17)18(26)21-7-5-10-24-9-4-6-14(2)13-24/h11-12,14H,3-10,13H2,1-2H3,(H,21,26)(H,23,27,28). The molecule has 3 rings (SSSR count). The number of rotatable bonds is 7. The highest BCUT2D eigenvalue weighted by atomic mass is 16.2. The third-order valence-corrected chi connectivity index (χ3v) is 5.22. The van der Waals surface area contributed by atoms with E-state index in [9.17, 15) is 14.4 Å². The van der Waals surface area contributed by atoms with Gasteiger partial charge in [0.05, 0.1) is 10.9 Å². The van der Waals surface area contributed by atoms with Crippen molar-refractivity contribution in [2.75, 3.05) is 26.2 Å². The molecule has 0 saturated carbocycles. The number of pyridine rings is 1. The highest BCUT2D eigenvalue weighted by Gasteiger charge is 2.16. The molecule has 1 fully saturated rings. The van der Waals surface area contributed by atoms with Crippen LogP contribution in [0.5, 0.6) is 0 Å². The van der Waals surface area contributed by atoms with Crippen molar-refractivity contribution in [2.45, 2.75) is 46.1 Å². The minimum Gasteiger partial charge on any atom is -0.352 e. The Balaban J connectivity index is 1.64. The minimum atomic E-state index is -0.520. The number of likely N-dealkylation sites (tertiary alicyclic amines) is 1.